The Balaban J connectivity index is 1.63. The predicted octanol–water partition coefficient (Wildman–Crippen LogP) is 5.25. The number of nitrogens with one attached hydrogen (secondary N) is 1. The van der Waals surface area contributed by atoms with E-state index in [9.17, 15) is 9.59 Å². The van der Waals surface area contributed by atoms with Gasteiger partial charge in [0, 0.05) is 22.6 Å². The molecule has 4 aromatic rings. The molecule has 0 saturated carbocycles. The summed E-state index contributed by atoms with van der Waals surface area (Å²) in [7, 11) is 0. The highest BCUT2D eigenvalue weighted by Gasteiger charge is 2.18. The van der Waals surface area contributed by atoms with Crippen molar-refractivity contribution in [1.82, 2.24) is 9.55 Å². The summed E-state index contributed by atoms with van der Waals surface area (Å²) < 4.78 is 7.33. The number of aryl methyl sites for hydroxylation is 1. The lowest BCUT2D eigenvalue weighted by Gasteiger charge is -2.11. The highest BCUT2D eigenvalue weighted by molar-refractivity contribution is 7.99. The van der Waals surface area contributed by atoms with E-state index < -0.39 is 0 Å². The first kappa shape index (κ1) is 20.5. The lowest BCUT2D eigenvalue weighted by molar-refractivity contribution is -0.113. The Labute approximate surface area is 182 Å². The Morgan fingerprint density at radius 2 is 2.07 bits per heavy atom. The van der Waals surface area contributed by atoms with E-state index in [2.05, 4.69) is 10.3 Å². The van der Waals surface area contributed by atoms with E-state index in [1.54, 1.807) is 16.7 Å². The molecular formula is C22H20ClN3O3S. The average molecular weight is 442 g/mol. The standard InChI is InChI=1S/C22H20ClN3O3S/c1-3-10-26-21(28)20-19(15-6-4-5-7-17(15)29-20)25-22(26)30-12-18(27)24-14-9-8-13(2)16(23)11-14/h4-9,11H,3,10,12H2,1-2H3,(H,24,27). The number of amides is 1. The molecule has 30 heavy (non-hydrogen) atoms. The summed E-state index contributed by atoms with van der Waals surface area (Å²) in [4.78, 5) is 30.1. The fourth-order valence-corrected chi connectivity index (χ4v) is 4.18. The van der Waals surface area contributed by atoms with Crippen LogP contribution in [0, 0.1) is 6.92 Å². The van der Waals surface area contributed by atoms with Gasteiger partial charge in [-0.05, 0) is 43.2 Å². The van der Waals surface area contributed by atoms with Gasteiger partial charge in [-0.1, -0.05) is 48.5 Å². The highest BCUT2D eigenvalue weighted by atomic mass is 35.5. The van der Waals surface area contributed by atoms with Gasteiger partial charge in [0.25, 0.3) is 5.56 Å². The van der Waals surface area contributed by atoms with Crippen molar-refractivity contribution in [1.29, 1.82) is 0 Å². The third-order valence-corrected chi connectivity index (χ3v) is 6.07. The molecular weight excluding hydrogens is 422 g/mol. The number of rotatable bonds is 6. The third kappa shape index (κ3) is 3.95. The van der Waals surface area contributed by atoms with Gasteiger partial charge in [-0.3, -0.25) is 14.2 Å². The van der Waals surface area contributed by atoms with E-state index >= 15 is 0 Å². The molecule has 0 aliphatic rings. The monoisotopic (exact) mass is 441 g/mol. The molecule has 6 nitrogen and oxygen atoms in total. The van der Waals surface area contributed by atoms with Gasteiger partial charge < -0.3 is 9.73 Å². The lowest BCUT2D eigenvalue weighted by atomic mass is 10.2. The second kappa shape index (κ2) is 8.53. The van der Waals surface area contributed by atoms with Crippen molar-refractivity contribution in [2.75, 3.05) is 11.1 Å². The third-order valence-electron chi connectivity index (χ3n) is 4.68. The van der Waals surface area contributed by atoms with E-state index in [0.717, 1.165) is 17.4 Å². The first-order chi connectivity index (χ1) is 14.5. The second-order valence-electron chi connectivity index (χ2n) is 6.93. The Morgan fingerprint density at radius 3 is 2.83 bits per heavy atom. The van der Waals surface area contributed by atoms with Crippen LogP contribution in [0.3, 0.4) is 0 Å². The maximum atomic E-state index is 13.0. The number of para-hydroxylation sites is 1. The number of furan rings is 1. The van der Waals surface area contributed by atoms with Gasteiger partial charge in [-0.15, -0.1) is 0 Å². The number of carbonyl (C=O) groups is 1. The first-order valence-corrected chi connectivity index (χ1v) is 10.9. The minimum atomic E-state index is -0.230. The van der Waals surface area contributed by atoms with Crippen molar-refractivity contribution >= 4 is 57.0 Å². The fourth-order valence-electron chi connectivity index (χ4n) is 3.18. The van der Waals surface area contributed by atoms with Crippen LogP contribution in [-0.2, 0) is 11.3 Å². The molecule has 0 bridgehead atoms. The number of thioether (sulfide) groups is 1. The summed E-state index contributed by atoms with van der Waals surface area (Å²) in [5.41, 5.74) is 2.73. The van der Waals surface area contributed by atoms with E-state index in [0.29, 0.717) is 33.5 Å². The summed E-state index contributed by atoms with van der Waals surface area (Å²) in [5, 5.41) is 4.71. The first-order valence-electron chi connectivity index (χ1n) is 9.58. The number of anilines is 1. The van der Waals surface area contributed by atoms with Crippen LogP contribution in [-0.4, -0.2) is 21.2 Å². The van der Waals surface area contributed by atoms with Gasteiger partial charge in [0.05, 0.1) is 5.75 Å². The average Bonchev–Trinajstić information content (AvgIpc) is 3.10. The van der Waals surface area contributed by atoms with Crippen LogP contribution in [0.15, 0.2) is 56.8 Å². The van der Waals surface area contributed by atoms with Crippen molar-refractivity contribution in [3.63, 3.8) is 0 Å². The van der Waals surface area contributed by atoms with Crippen LogP contribution in [0.25, 0.3) is 22.1 Å². The summed E-state index contributed by atoms with van der Waals surface area (Å²) in [5.74, 6) is -0.0856. The Kier molecular flexibility index (Phi) is 5.83. The van der Waals surface area contributed by atoms with Crippen LogP contribution in [0.2, 0.25) is 5.02 Å². The molecule has 1 N–H and O–H groups in total. The second-order valence-corrected chi connectivity index (χ2v) is 8.28. The molecule has 154 valence electrons. The molecule has 1 amide bonds. The molecule has 0 radical (unpaired) electrons. The zero-order valence-corrected chi connectivity index (χ0v) is 18.1. The Hall–Kier alpha value is -2.77. The van der Waals surface area contributed by atoms with E-state index in [4.69, 9.17) is 16.0 Å². The number of carbonyl (C=O) groups excluding carboxylic acids is 1. The number of fused-ring (bicyclic) bond motifs is 3. The zero-order chi connectivity index (χ0) is 21.3. The Morgan fingerprint density at radius 1 is 1.27 bits per heavy atom. The van der Waals surface area contributed by atoms with E-state index in [1.165, 1.54) is 11.8 Å². The van der Waals surface area contributed by atoms with E-state index in [-0.39, 0.29) is 22.8 Å². The SMILES string of the molecule is CCCn1c(SCC(=O)Nc2ccc(C)c(Cl)c2)nc2c(oc3ccccc32)c1=O. The van der Waals surface area contributed by atoms with Crippen molar-refractivity contribution in [3.8, 4) is 0 Å². The largest absolute Gasteiger partial charge is 0.448 e. The topological polar surface area (TPSA) is 77.1 Å². The van der Waals surface area contributed by atoms with Gasteiger partial charge in [0.2, 0.25) is 11.5 Å². The fraction of sp³-hybridized carbons (Fsp3) is 0.227. The smallest absolute Gasteiger partial charge is 0.297 e. The molecule has 0 aliphatic carbocycles. The van der Waals surface area contributed by atoms with Crippen molar-refractivity contribution in [2.45, 2.75) is 32.0 Å². The normalized spacial score (nSPS) is 11.3. The molecule has 4 rings (SSSR count). The minimum absolute atomic E-state index is 0.114. The Bertz CT molecular complexity index is 1310. The maximum absolute atomic E-state index is 13.0. The van der Waals surface area contributed by atoms with Crippen molar-refractivity contribution in [2.24, 2.45) is 0 Å². The van der Waals surface area contributed by atoms with Crippen molar-refractivity contribution < 1.29 is 9.21 Å². The molecule has 0 fully saturated rings. The zero-order valence-electron chi connectivity index (χ0n) is 16.6. The number of nitrogens with zero attached hydrogens (tertiary/aromatic N) is 2. The van der Waals surface area contributed by atoms with Crippen LogP contribution >= 0.6 is 23.4 Å². The quantitative estimate of drug-likeness (QED) is 0.327. The summed E-state index contributed by atoms with van der Waals surface area (Å²) in [6, 6.07) is 12.8. The minimum Gasteiger partial charge on any atom is -0.448 e. The summed E-state index contributed by atoms with van der Waals surface area (Å²) in [6.07, 6.45) is 0.759. The number of hydrogen-bond donors (Lipinski definition) is 1. The highest BCUT2D eigenvalue weighted by Crippen LogP contribution is 2.27. The van der Waals surface area contributed by atoms with E-state index in [1.807, 2.05) is 44.2 Å². The molecule has 0 atom stereocenters. The maximum Gasteiger partial charge on any atom is 0.297 e. The number of benzene rings is 2. The van der Waals surface area contributed by atoms with Gasteiger partial charge in [-0.25, -0.2) is 4.98 Å². The molecule has 2 heterocycles. The van der Waals surface area contributed by atoms with Crippen LogP contribution in [0.4, 0.5) is 5.69 Å². The van der Waals surface area contributed by atoms with Gasteiger partial charge in [0.15, 0.2) is 5.16 Å². The van der Waals surface area contributed by atoms with Gasteiger partial charge >= 0.3 is 0 Å². The molecule has 0 saturated heterocycles. The van der Waals surface area contributed by atoms with Crippen LogP contribution in [0.5, 0.6) is 0 Å². The predicted molar refractivity (Wildman–Crippen MR) is 122 cm³/mol. The molecule has 8 heteroatoms. The van der Waals surface area contributed by atoms with Gasteiger partial charge in [0.1, 0.15) is 11.1 Å². The summed E-state index contributed by atoms with van der Waals surface area (Å²) in [6.45, 7) is 4.38. The molecule has 0 spiro atoms. The number of hydrogen-bond acceptors (Lipinski definition) is 5. The molecule has 0 unspecified atom stereocenters. The molecule has 0 aliphatic heterocycles. The van der Waals surface area contributed by atoms with Gasteiger partial charge in [-0.2, -0.15) is 0 Å². The molecule has 2 aromatic carbocycles. The van der Waals surface area contributed by atoms with Crippen LogP contribution < -0.4 is 10.9 Å². The van der Waals surface area contributed by atoms with Crippen LogP contribution in [0.1, 0.15) is 18.9 Å². The summed E-state index contributed by atoms with van der Waals surface area (Å²) >= 11 is 7.35. The number of aromatic nitrogens is 2. The number of halogens is 1. The van der Waals surface area contributed by atoms with Crippen molar-refractivity contribution in [3.05, 3.63) is 63.4 Å². The molecule has 2 aromatic heterocycles. The lowest BCUT2D eigenvalue weighted by Crippen LogP contribution is -2.23.